The number of hydrogen-bond donors (Lipinski definition) is 0. The van der Waals surface area contributed by atoms with Crippen LogP contribution < -0.4 is 0 Å². The van der Waals surface area contributed by atoms with Crippen LogP contribution in [0, 0.1) is 0 Å². The van der Waals surface area contributed by atoms with Crippen molar-refractivity contribution in [1.82, 2.24) is 9.80 Å². The molecule has 0 spiro atoms. The quantitative estimate of drug-likeness (QED) is 0.292. The molecular formula is C29H30F12N2. The van der Waals surface area contributed by atoms with Gasteiger partial charge in [-0.1, -0.05) is 19.3 Å². The van der Waals surface area contributed by atoms with Crippen LogP contribution >= 0.6 is 0 Å². The van der Waals surface area contributed by atoms with Gasteiger partial charge >= 0.3 is 24.7 Å². The SMILES string of the molecule is FC(F)(F)c1cc(CCC(c2cc(C(F)(F)F)cc(C(F)(F)F)c2)N2CCN(C3CCCCC3)CC2)cc(C(F)(F)F)c1. The van der Waals surface area contributed by atoms with Crippen LogP contribution in [-0.4, -0.2) is 42.0 Å². The second kappa shape index (κ2) is 12.5. The van der Waals surface area contributed by atoms with Crippen molar-refractivity contribution in [3.05, 3.63) is 69.8 Å². The maximum atomic E-state index is 13.7. The number of hydrogen-bond acceptors (Lipinski definition) is 2. The number of rotatable bonds is 6. The average Bonchev–Trinajstić information content (AvgIpc) is 2.92. The first-order valence-electron chi connectivity index (χ1n) is 13.9. The number of nitrogens with zero attached hydrogens (tertiary/aromatic N) is 2. The summed E-state index contributed by atoms with van der Waals surface area (Å²) in [6, 6.07) is 1.37. The first kappa shape index (κ1) is 33.4. The zero-order valence-electron chi connectivity index (χ0n) is 22.8. The molecule has 1 saturated heterocycles. The fourth-order valence-electron chi connectivity index (χ4n) is 6.06. The molecule has 2 aromatic carbocycles. The predicted molar refractivity (Wildman–Crippen MR) is 134 cm³/mol. The Bertz CT molecular complexity index is 1170. The number of benzene rings is 2. The van der Waals surface area contributed by atoms with E-state index in [0.717, 1.165) is 32.1 Å². The van der Waals surface area contributed by atoms with Crippen LogP contribution in [0.1, 0.15) is 77.9 Å². The molecule has 240 valence electrons. The van der Waals surface area contributed by atoms with E-state index in [9.17, 15) is 52.7 Å². The van der Waals surface area contributed by atoms with Gasteiger partial charge in [-0.3, -0.25) is 9.80 Å². The van der Waals surface area contributed by atoms with E-state index in [4.69, 9.17) is 0 Å². The van der Waals surface area contributed by atoms with E-state index < -0.39 is 59.4 Å². The number of piperazine rings is 1. The number of alkyl halides is 12. The van der Waals surface area contributed by atoms with Crippen molar-refractivity contribution in [1.29, 1.82) is 0 Å². The smallest absolute Gasteiger partial charge is 0.298 e. The molecule has 2 fully saturated rings. The van der Waals surface area contributed by atoms with Crippen molar-refractivity contribution in [3.63, 3.8) is 0 Å². The lowest BCUT2D eigenvalue weighted by atomic mass is 9.91. The minimum absolute atomic E-state index is 0.00993. The van der Waals surface area contributed by atoms with Crippen LogP contribution in [0.25, 0.3) is 0 Å². The molecule has 43 heavy (non-hydrogen) atoms. The molecule has 0 N–H and O–H groups in total. The zero-order chi connectivity index (χ0) is 31.8. The fourth-order valence-corrected chi connectivity index (χ4v) is 6.06. The summed E-state index contributed by atoms with van der Waals surface area (Å²) in [4.78, 5) is 3.90. The highest BCUT2D eigenvalue weighted by atomic mass is 19.4. The summed E-state index contributed by atoms with van der Waals surface area (Å²) >= 11 is 0. The highest BCUT2D eigenvalue weighted by molar-refractivity contribution is 5.37. The highest BCUT2D eigenvalue weighted by Gasteiger charge is 2.40. The van der Waals surface area contributed by atoms with Crippen molar-refractivity contribution >= 4 is 0 Å². The van der Waals surface area contributed by atoms with E-state index in [-0.39, 0.29) is 42.8 Å². The van der Waals surface area contributed by atoms with Gasteiger partial charge in [-0.25, -0.2) is 0 Å². The number of aryl methyl sites for hydroxylation is 1. The third kappa shape index (κ3) is 8.58. The molecule has 2 aliphatic rings. The van der Waals surface area contributed by atoms with E-state index >= 15 is 0 Å². The fraction of sp³-hybridized carbons (Fsp3) is 0.586. The minimum atomic E-state index is -5.12. The monoisotopic (exact) mass is 634 g/mol. The van der Waals surface area contributed by atoms with Crippen LogP contribution in [0.15, 0.2) is 36.4 Å². The van der Waals surface area contributed by atoms with Gasteiger partial charge in [-0.2, -0.15) is 52.7 Å². The predicted octanol–water partition coefficient (Wildman–Crippen LogP) is 9.39. The average molecular weight is 635 g/mol. The minimum Gasteiger partial charge on any atom is -0.298 e. The lowest BCUT2D eigenvalue weighted by Gasteiger charge is -2.43. The van der Waals surface area contributed by atoms with Crippen LogP contribution in [0.5, 0.6) is 0 Å². The highest BCUT2D eigenvalue weighted by Crippen LogP contribution is 2.41. The summed E-state index contributed by atoms with van der Waals surface area (Å²) in [5.74, 6) is 0. The Morgan fingerprint density at radius 1 is 0.558 bits per heavy atom. The summed E-state index contributed by atoms with van der Waals surface area (Å²) in [6.45, 7) is 1.48. The summed E-state index contributed by atoms with van der Waals surface area (Å²) in [5.41, 5.74) is -6.91. The van der Waals surface area contributed by atoms with Gasteiger partial charge in [0.05, 0.1) is 22.3 Å². The second-order valence-electron chi connectivity index (χ2n) is 11.2. The molecule has 1 atom stereocenters. The van der Waals surface area contributed by atoms with E-state index in [1.807, 2.05) is 0 Å². The van der Waals surface area contributed by atoms with Crippen molar-refractivity contribution in [3.8, 4) is 0 Å². The van der Waals surface area contributed by atoms with Crippen molar-refractivity contribution in [2.45, 2.75) is 81.7 Å². The molecule has 4 rings (SSSR count). The Balaban J connectivity index is 1.69. The lowest BCUT2D eigenvalue weighted by Crippen LogP contribution is -2.51. The summed E-state index contributed by atoms with van der Waals surface area (Å²) < 4.78 is 162. The van der Waals surface area contributed by atoms with E-state index in [1.165, 1.54) is 0 Å². The molecule has 2 aromatic rings. The molecule has 14 heteroatoms. The second-order valence-corrected chi connectivity index (χ2v) is 11.2. The Labute approximate surface area is 240 Å². The summed E-state index contributed by atoms with van der Waals surface area (Å²) in [5, 5.41) is 0. The first-order valence-corrected chi connectivity index (χ1v) is 13.9. The molecule has 0 radical (unpaired) electrons. The molecule has 1 heterocycles. The van der Waals surface area contributed by atoms with Gasteiger partial charge in [0.25, 0.3) is 0 Å². The Hall–Kier alpha value is -2.48. The van der Waals surface area contributed by atoms with Gasteiger partial charge in [0.15, 0.2) is 0 Å². The molecular weight excluding hydrogens is 604 g/mol. The molecule has 1 unspecified atom stereocenters. The van der Waals surface area contributed by atoms with E-state index in [1.54, 1.807) is 4.90 Å². The molecule has 1 saturated carbocycles. The molecule has 1 aliphatic carbocycles. The lowest BCUT2D eigenvalue weighted by molar-refractivity contribution is -0.144. The third-order valence-electron chi connectivity index (χ3n) is 8.23. The maximum absolute atomic E-state index is 13.7. The van der Waals surface area contributed by atoms with Gasteiger partial charge in [-0.15, -0.1) is 0 Å². The largest absolute Gasteiger partial charge is 0.416 e. The maximum Gasteiger partial charge on any atom is 0.416 e. The van der Waals surface area contributed by atoms with Crippen molar-refractivity contribution in [2.24, 2.45) is 0 Å². The molecule has 0 aromatic heterocycles. The molecule has 1 aliphatic heterocycles. The Morgan fingerprint density at radius 3 is 1.40 bits per heavy atom. The summed E-state index contributed by atoms with van der Waals surface area (Å²) in [7, 11) is 0. The Morgan fingerprint density at radius 2 is 0.977 bits per heavy atom. The Kier molecular flexibility index (Phi) is 9.71. The molecule has 0 bridgehead atoms. The molecule has 2 nitrogen and oxygen atoms in total. The van der Waals surface area contributed by atoms with Gasteiger partial charge in [-0.05, 0) is 73.2 Å². The summed E-state index contributed by atoms with van der Waals surface area (Å²) in [6.07, 6.45) is -16.0. The van der Waals surface area contributed by atoms with Gasteiger partial charge < -0.3 is 0 Å². The topological polar surface area (TPSA) is 6.48 Å². The van der Waals surface area contributed by atoms with Crippen LogP contribution in [0.2, 0.25) is 0 Å². The van der Waals surface area contributed by atoms with Crippen molar-refractivity contribution < 1.29 is 52.7 Å². The van der Waals surface area contributed by atoms with Gasteiger partial charge in [0, 0.05) is 38.3 Å². The third-order valence-corrected chi connectivity index (χ3v) is 8.23. The molecule has 0 amide bonds. The number of halogens is 12. The normalized spacial score (nSPS) is 19.5. The first-order chi connectivity index (χ1) is 19.8. The van der Waals surface area contributed by atoms with Crippen LogP contribution in [0.4, 0.5) is 52.7 Å². The standard InChI is InChI=1S/C29H30F12N2/c30-26(31,32)20-12-18(13-21(16-20)27(33,34)35)6-7-25(43-10-8-42(9-11-43)24-4-2-1-3-5-24)19-14-22(28(36,37)38)17-23(15-19)29(39,40)41/h12-17,24-25H,1-11H2. The van der Waals surface area contributed by atoms with E-state index in [2.05, 4.69) is 4.90 Å². The van der Waals surface area contributed by atoms with Crippen LogP contribution in [0.3, 0.4) is 0 Å². The zero-order valence-corrected chi connectivity index (χ0v) is 22.8. The van der Waals surface area contributed by atoms with Crippen molar-refractivity contribution in [2.75, 3.05) is 26.2 Å². The van der Waals surface area contributed by atoms with Gasteiger partial charge in [0.1, 0.15) is 0 Å². The van der Waals surface area contributed by atoms with Crippen LogP contribution in [-0.2, 0) is 31.1 Å². The van der Waals surface area contributed by atoms with Gasteiger partial charge in [0.2, 0.25) is 0 Å². The van der Waals surface area contributed by atoms with E-state index in [0.29, 0.717) is 43.4 Å².